The molecule has 0 bridgehead atoms. The van der Waals surface area contributed by atoms with Crippen molar-refractivity contribution in [2.45, 2.75) is 44.9 Å². The Morgan fingerprint density at radius 1 is 0.781 bits per heavy atom. The Morgan fingerprint density at radius 2 is 1.25 bits per heavy atom. The third-order valence-corrected chi connectivity index (χ3v) is 10.6. The second-order valence-electron chi connectivity index (χ2n) is 6.82. The lowest BCUT2D eigenvalue weighted by atomic mass is 10.4. The quantitative estimate of drug-likeness (QED) is 0.172. The van der Waals surface area contributed by atoms with Gasteiger partial charge in [-0.1, -0.05) is 49.7 Å². The lowest BCUT2D eigenvalue weighted by molar-refractivity contribution is -0.0496. The third kappa shape index (κ3) is 5.33. The standard InChI is InChI=1S/C23H23F3O3S3/c1-2-3-18-30-19-14-16-22(17-15-19)31(20-10-6-4-7-11-20,21-12-8-5-9-13-21)29-32(27,28)23(24,25)26/h4-17H,2-3,18H2,1H3. The molecule has 0 N–H and O–H groups in total. The van der Waals surface area contributed by atoms with E-state index in [-0.39, 0.29) is 0 Å². The molecule has 0 atom stereocenters. The van der Waals surface area contributed by atoms with E-state index in [2.05, 4.69) is 6.92 Å². The molecular weight excluding hydrogens is 477 g/mol. The van der Waals surface area contributed by atoms with Gasteiger partial charge in [0.15, 0.2) is 0 Å². The highest BCUT2D eigenvalue weighted by molar-refractivity contribution is 8.33. The second-order valence-corrected chi connectivity index (χ2v) is 12.4. The van der Waals surface area contributed by atoms with Crippen LogP contribution in [-0.4, -0.2) is 19.7 Å². The first-order valence-corrected chi connectivity index (χ1v) is 13.8. The van der Waals surface area contributed by atoms with E-state index in [1.807, 2.05) is 0 Å². The van der Waals surface area contributed by atoms with Crippen molar-refractivity contribution in [3.63, 3.8) is 0 Å². The van der Waals surface area contributed by atoms with Gasteiger partial charge in [-0.15, -0.1) is 11.8 Å². The minimum atomic E-state index is -5.90. The van der Waals surface area contributed by atoms with Crippen LogP contribution >= 0.6 is 22.1 Å². The maximum absolute atomic E-state index is 13.4. The summed E-state index contributed by atoms with van der Waals surface area (Å²) in [5.74, 6) is 0.921. The number of benzene rings is 3. The number of hydrogen-bond acceptors (Lipinski definition) is 4. The van der Waals surface area contributed by atoms with Crippen LogP contribution in [-0.2, 0) is 13.7 Å². The molecule has 3 rings (SSSR count). The van der Waals surface area contributed by atoms with Gasteiger partial charge in [0, 0.05) is 19.6 Å². The van der Waals surface area contributed by atoms with Gasteiger partial charge in [-0.25, -0.2) is 0 Å². The van der Waals surface area contributed by atoms with Gasteiger partial charge in [-0.05, 0) is 71.0 Å². The normalized spacial score (nSPS) is 13.1. The first kappa shape index (κ1) is 24.7. The molecule has 0 saturated heterocycles. The first-order valence-electron chi connectivity index (χ1n) is 9.89. The average molecular weight is 501 g/mol. The van der Waals surface area contributed by atoms with Crippen LogP contribution in [0.15, 0.2) is 105 Å². The highest BCUT2D eigenvalue weighted by Crippen LogP contribution is 2.70. The molecule has 0 amide bonds. The molecule has 0 aliphatic heterocycles. The number of alkyl halides is 3. The van der Waals surface area contributed by atoms with Crippen molar-refractivity contribution in [1.82, 2.24) is 0 Å². The molecule has 0 aliphatic rings. The molecule has 0 radical (unpaired) electrons. The number of halogens is 3. The van der Waals surface area contributed by atoms with Gasteiger partial charge in [-0.2, -0.15) is 25.2 Å². The van der Waals surface area contributed by atoms with Crippen LogP contribution in [0.2, 0.25) is 0 Å². The Kier molecular flexibility index (Phi) is 7.97. The van der Waals surface area contributed by atoms with E-state index in [9.17, 15) is 21.6 Å². The summed E-state index contributed by atoms with van der Waals surface area (Å²) in [4.78, 5) is 2.02. The fourth-order valence-corrected chi connectivity index (χ4v) is 8.73. The zero-order valence-electron chi connectivity index (χ0n) is 17.3. The van der Waals surface area contributed by atoms with Crippen molar-refractivity contribution in [3.05, 3.63) is 84.9 Å². The molecule has 0 saturated carbocycles. The Bertz CT molecular complexity index is 1060. The van der Waals surface area contributed by atoms with E-state index in [0.717, 1.165) is 23.5 Å². The molecule has 3 nitrogen and oxygen atoms in total. The topological polar surface area (TPSA) is 43.4 Å². The maximum Gasteiger partial charge on any atom is 0.524 e. The van der Waals surface area contributed by atoms with Crippen LogP contribution in [0.3, 0.4) is 0 Å². The van der Waals surface area contributed by atoms with Crippen molar-refractivity contribution in [2.24, 2.45) is 0 Å². The van der Waals surface area contributed by atoms with E-state index in [0.29, 0.717) is 14.7 Å². The fraction of sp³-hybridized carbons (Fsp3) is 0.217. The number of unbranched alkanes of at least 4 members (excludes halogenated alkanes) is 1. The lowest BCUT2D eigenvalue weighted by Crippen LogP contribution is -2.27. The summed E-state index contributed by atoms with van der Waals surface area (Å²) in [6, 6.07) is 23.3. The van der Waals surface area contributed by atoms with Gasteiger partial charge in [-0.3, -0.25) is 0 Å². The van der Waals surface area contributed by atoms with Crippen molar-refractivity contribution >= 4 is 32.2 Å². The van der Waals surface area contributed by atoms with Crippen molar-refractivity contribution in [2.75, 3.05) is 5.75 Å². The van der Waals surface area contributed by atoms with Crippen LogP contribution in [0, 0.1) is 0 Å². The summed E-state index contributed by atoms with van der Waals surface area (Å²) in [7, 11) is -9.13. The summed E-state index contributed by atoms with van der Waals surface area (Å²) >= 11 is 1.64. The van der Waals surface area contributed by atoms with Crippen molar-refractivity contribution < 1.29 is 25.2 Å². The molecule has 3 aromatic carbocycles. The molecule has 0 aliphatic carbocycles. The summed E-state index contributed by atoms with van der Waals surface area (Å²) in [5.41, 5.74) is -5.55. The maximum atomic E-state index is 13.4. The molecule has 32 heavy (non-hydrogen) atoms. The SMILES string of the molecule is CCCCSc1ccc(S(OS(=O)(=O)C(F)(F)F)(c2ccccc2)c2ccccc2)cc1. The van der Waals surface area contributed by atoms with E-state index in [1.54, 1.807) is 96.7 Å². The Labute approximate surface area is 192 Å². The van der Waals surface area contributed by atoms with Gasteiger partial charge >= 0.3 is 15.6 Å². The van der Waals surface area contributed by atoms with Gasteiger partial charge in [0.25, 0.3) is 0 Å². The molecule has 3 aromatic rings. The fourth-order valence-electron chi connectivity index (χ4n) is 2.99. The van der Waals surface area contributed by atoms with E-state index >= 15 is 0 Å². The van der Waals surface area contributed by atoms with Crippen molar-refractivity contribution in [3.8, 4) is 0 Å². The molecule has 9 heteroatoms. The van der Waals surface area contributed by atoms with E-state index in [1.165, 1.54) is 0 Å². The summed E-state index contributed by atoms with van der Waals surface area (Å²) in [6.45, 7) is 2.10. The van der Waals surface area contributed by atoms with E-state index in [4.69, 9.17) is 3.63 Å². The molecule has 0 heterocycles. The zero-order chi connectivity index (χ0) is 23.2. The number of thioether (sulfide) groups is 1. The zero-order valence-corrected chi connectivity index (χ0v) is 19.7. The molecule has 0 spiro atoms. The minimum absolute atomic E-state index is 0.352. The Morgan fingerprint density at radius 3 is 1.69 bits per heavy atom. The number of rotatable bonds is 9. The summed E-state index contributed by atoms with van der Waals surface area (Å²) in [5, 5.41) is 0. The smallest absolute Gasteiger partial charge is 0.200 e. The first-order chi connectivity index (χ1) is 15.2. The monoisotopic (exact) mass is 500 g/mol. The molecule has 172 valence electrons. The second kappa shape index (κ2) is 10.3. The third-order valence-electron chi connectivity index (χ3n) is 4.55. The Balaban J connectivity index is 2.22. The van der Waals surface area contributed by atoms with Gasteiger partial charge < -0.3 is 0 Å². The highest BCUT2D eigenvalue weighted by atomic mass is 32.3. The van der Waals surface area contributed by atoms with Crippen molar-refractivity contribution in [1.29, 1.82) is 0 Å². The van der Waals surface area contributed by atoms with Crippen LogP contribution in [0.5, 0.6) is 0 Å². The highest BCUT2D eigenvalue weighted by Gasteiger charge is 2.52. The largest absolute Gasteiger partial charge is 0.524 e. The van der Waals surface area contributed by atoms with Crippen LogP contribution in [0.1, 0.15) is 19.8 Å². The molecule has 0 fully saturated rings. The predicted molar refractivity (Wildman–Crippen MR) is 123 cm³/mol. The molecule has 0 aromatic heterocycles. The summed E-state index contributed by atoms with van der Waals surface area (Å²) in [6.07, 6.45) is 2.10. The Hall–Kier alpha value is -1.94. The van der Waals surface area contributed by atoms with Gasteiger partial charge in [0.05, 0.1) is 0 Å². The summed E-state index contributed by atoms with van der Waals surface area (Å²) < 4.78 is 70.1. The van der Waals surface area contributed by atoms with E-state index < -0.39 is 25.9 Å². The minimum Gasteiger partial charge on any atom is -0.200 e. The van der Waals surface area contributed by atoms with Crippen LogP contribution < -0.4 is 0 Å². The molecular formula is C23H23F3O3S3. The average Bonchev–Trinajstić information content (AvgIpc) is 2.79. The van der Waals surface area contributed by atoms with Crippen LogP contribution in [0.4, 0.5) is 13.2 Å². The predicted octanol–water partition coefficient (Wildman–Crippen LogP) is 7.64. The number of hydrogen-bond donors (Lipinski definition) is 0. The lowest BCUT2D eigenvalue weighted by Gasteiger charge is -2.39. The van der Waals surface area contributed by atoms with Gasteiger partial charge in [0.2, 0.25) is 0 Å². The van der Waals surface area contributed by atoms with Gasteiger partial charge in [0.1, 0.15) is 0 Å². The van der Waals surface area contributed by atoms with Crippen LogP contribution in [0.25, 0.3) is 0 Å². The molecule has 0 unspecified atom stereocenters.